The van der Waals surface area contributed by atoms with Crippen LogP contribution in [-0.4, -0.2) is 22.0 Å². The number of carbonyl (C=O) groups is 2. The Labute approximate surface area is 141 Å². The summed E-state index contributed by atoms with van der Waals surface area (Å²) >= 11 is 1.55. The van der Waals surface area contributed by atoms with Crippen molar-refractivity contribution in [1.82, 2.24) is 10.1 Å². The highest BCUT2D eigenvalue weighted by Gasteiger charge is 2.11. The lowest BCUT2D eigenvalue weighted by Gasteiger charge is -2.04. The number of aromatic nitrogens is 2. The van der Waals surface area contributed by atoms with Crippen molar-refractivity contribution in [3.05, 3.63) is 52.5 Å². The predicted octanol–water partition coefficient (Wildman–Crippen LogP) is 2.47. The maximum atomic E-state index is 11.9. The monoisotopic (exact) mass is 342 g/mol. The molecular formula is C16H14N4O3S. The van der Waals surface area contributed by atoms with Crippen LogP contribution in [0.1, 0.15) is 22.7 Å². The zero-order valence-corrected chi connectivity index (χ0v) is 13.4. The SMILES string of the molecule is NC(=O)c1ccc(NC(=O)CCc2nc(-c3ccsc3)no2)cc1. The summed E-state index contributed by atoms with van der Waals surface area (Å²) in [6.07, 6.45) is 0.561. The lowest BCUT2D eigenvalue weighted by molar-refractivity contribution is -0.116. The molecule has 1 aromatic carbocycles. The normalized spacial score (nSPS) is 10.5. The van der Waals surface area contributed by atoms with Crippen LogP contribution < -0.4 is 11.1 Å². The molecule has 0 fully saturated rings. The number of hydrogen-bond acceptors (Lipinski definition) is 6. The van der Waals surface area contributed by atoms with Gasteiger partial charge in [0.2, 0.25) is 23.5 Å². The molecule has 0 aliphatic heterocycles. The Kier molecular flexibility index (Phi) is 4.66. The third kappa shape index (κ3) is 3.85. The Morgan fingerprint density at radius 2 is 2.00 bits per heavy atom. The van der Waals surface area contributed by atoms with Crippen LogP contribution in [0.2, 0.25) is 0 Å². The third-order valence-corrected chi connectivity index (χ3v) is 3.95. The number of aryl methyl sites for hydroxylation is 1. The molecule has 0 atom stereocenters. The second-order valence-corrected chi connectivity index (χ2v) is 5.79. The molecule has 3 rings (SSSR count). The maximum Gasteiger partial charge on any atom is 0.248 e. The zero-order chi connectivity index (χ0) is 16.9. The number of nitrogens with zero attached hydrogens (tertiary/aromatic N) is 2. The smallest absolute Gasteiger partial charge is 0.248 e. The second-order valence-electron chi connectivity index (χ2n) is 5.01. The van der Waals surface area contributed by atoms with Crippen molar-refractivity contribution in [3.8, 4) is 11.4 Å². The summed E-state index contributed by atoms with van der Waals surface area (Å²) in [5.74, 6) is 0.243. The Morgan fingerprint density at radius 1 is 1.21 bits per heavy atom. The van der Waals surface area contributed by atoms with E-state index < -0.39 is 5.91 Å². The number of carbonyl (C=O) groups excluding carboxylic acids is 2. The minimum atomic E-state index is -0.509. The molecule has 0 saturated heterocycles. The molecule has 2 amide bonds. The van der Waals surface area contributed by atoms with E-state index in [0.29, 0.717) is 29.4 Å². The summed E-state index contributed by atoms with van der Waals surface area (Å²) in [7, 11) is 0. The molecule has 0 saturated carbocycles. The fourth-order valence-corrected chi connectivity index (χ4v) is 2.66. The first-order valence-electron chi connectivity index (χ1n) is 7.17. The van der Waals surface area contributed by atoms with E-state index in [-0.39, 0.29) is 12.3 Å². The number of amides is 2. The number of hydrogen-bond donors (Lipinski definition) is 2. The average molecular weight is 342 g/mol. The summed E-state index contributed by atoms with van der Waals surface area (Å²) in [5, 5.41) is 10.5. The Morgan fingerprint density at radius 3 is 2.67 bits per heavy atom. The van der Waals surface area contributed by atoms with Gasteiger partial charge in [0.1, 0.15) is 0 Å². The standard InChI is InChI=1S/C16H14N4O3S/c17-15(22)10-1-3-12(4-2-10)18-13(21)5-6-14-19-16(20-23-14)11-7-8-24-9-11/h1-4,7-9H,5-6H2,(H2,17,22)(H,18,21). The molecule has 122 valence electrons. The summed E-state index contributed by atoms with van der Waals surface area (Å²) in [4.78, 5) is 27.2. The molecule has 0 bridgehead atoms. The predicted molar refractivity (Wildman–Crippen MR) is 89.5 cm³/mol. The van der Waals surface area contributed by atoms with Gasteiger partial charge in [0.05, 0.1) is 0 Å². The molecule has 2 aromatic heterocycles. The quantitative estimate of drug-likeness (QED) is 0.715. The van der Waals surface area contributed by atoms with Gasteiger partial charge in [-0.05, 0) is 35.7 Å². The molecule has 24 heavy (non-hydrogen) atoms. The minimum Gasteiger partial charge on any atom is -0.366 e. The van der Waals surface area contributed by atoms with Crippen molar-refractivity contribution >= 4 is 28.8 Å². The number of benzene rings is 1. The molecule has 0 aliphatic carbocycles. The Balaban J connectivity index is 1.53. The highest BCUT2D eigenvalue weighted by atomic mass is 32.1. The lowest BCUT2D eigenvalue weighted by Crippen LogP contribution is -2.13. The van der Waals surface area contributed by atoms with Gasteiger partial charge in [-0.25, -0.2) is 0 Å². The maximum absolute atomic E-state index is 11.9. The van der Waals surface area contributed by atoms with Gasteiger partial charge < -0.3 is 15.6 Å². The van der Waals surface area contributed by atoms with Gasteiger partial charge in [-0.1, -0.05) is 5.16 Å². The van der Waals surface area contributed by atoms with Crippen LogP contribution >= 0.6 is 11.3 Å². The van der Waals surface area contributed by atoms with Crippen molar-refractivity contribution in [2.45, 2.75) is 12.8 Å². The second kappa shape index (κ2) is 7.05. The van der Waals surface area contributed by atoms with Crippen LogP contribution in [0.25, 0.3) is 11.4 Å². The molecule has 0 spiro atoms. The van der Waals surface area contributed by atoms with E-state index in [2.05, 4.69) is 15.5 Å². The van der Waals surface area contributed by atoms with Gasteiger partial charge in [-0.2, -0.15) is 16.3 Å². The summed E-state index contributed by atoms with van der Waals surface area (Å²) in [6, 6.07) is 8.27. The fraction of sp³-hybridized carbons (Fsp3) is 0.125. The van der Waals surface area contributed by atoms with Gasteiger partial charge in [0.25, 0.3) is 0 Å². The van der Waals surface area contributed by atoms with E-state index in [9.17, 15) is 9.59 Å². The molecule has 0 unspecified atom stereocenters. The Bertz CT molecular complexity index is 841. The summed E-state index contributed by atoms with van der Waals surface area (Å²) < 4.78 is 5.14. The van der Waals surface area contributed by atoms with E-state index in [1.165, 1.54) is 0 Å². The Hall–Kier alpha value is -3.00. The molecular weight excluding hydrogens is 328 g/mol. The van der Waals surface area contributed by atoms with E-state index in [1.807, 2.05) is 16.8 Å². The first-order chi connectivity index (χ1) is 11.6. The zero-order valence-electron chi connectivity index (χ0n) is 12.6. The van der Waals surface area contributed by atoms with Gasteiger partial charge in [0.15, 0.2) is 0 Å². The molecule has 8 heteroatoms. The number of anilines is 1. The van der Waals surface area contributed by atoms with E-state index in [1.54, 1.807) is 35.6 Å². The average Bonchev–Trinajstić information content (AvgIpc) is 3.25. The van der Waals surface area contributed by atoms with Gasteiger partial charge in [-0.3, -0.25) is 9.59 Å². The van der Waals surface area contributed by atoms with E-state index in [0.717, 1.165) is 5.56 Å². The van der Waals surface area contributed by atoms with Crippen molar-refractivity contribution < 1.29 is 14.1 Å². The number of thiophene rings is 1. The first-order valence-corrected chi connectivity index (χ1v) is 8.11. The van der Waals surface area contributed by atoms with Crippen LogP contribution in [0.4, 0.5) is 5.69 Å². The van der Waals surface area contributed by atoms with E-state index >= 15 is 0 Å². The summed E-state index contributed by atoms with van der Waals surface area (Å²) in [5.41, 5.74) is 7.04. The molecule has 3 aromatic rings. The topological polar surface area (TPSA) is 111 Å². The molecule has 7 nitrogen and oxygen atoms in total. The van der Waals surface area contributed by atoms with Crippen LogP contribution in [-0.2, 0) is 11.2 Å². The van der Waals surface area contributed by atoms with Crippen molar-refractivity contribution in [2.75, 3.05) is 5.32 Å². The lowest BCUT2D eigenvalue weighted by atomic mass is 10.2. The molecule has 0 radical (unpaired) electrons. The number of nitrogens with two attached hydrogens (primary N) is 1. The van der Waals surface area contributed by atoms with Crippen molar-refractivity contribution in [2.24, 2.45) is 5.73 Å². The van der Waals surface area contributed by atoms with E-state index in [4.69, 9.17) is 10.3 Å². The molecule has 3 N–H and O–H groups in total. The molecule has 2 heterocycles. The van der Waals surface area contributed by atoms with Gasteiger partial charge >= 0.3 is 0 Å². The fourth-order valence-electron chi connectivity index (χ4n) is 2.03. The number of primary amides is 1. The number of rotatable bonds is 6. The molecule has 0 aliphatic rings. The van der Waals surface area contributed by atoms with Crippen LogP contribution in [0.15, 0.2) is 45.6 Å². The van der Waals surface area contributed by atoms with Gasteiger partial charge in [-0.15, -0.1) is 0 Å². The van der Waals surface area contributed by atoms with Crippen molar-refractivity contribution in [1.29, 1.82) is 0 Å². The summed E-state index contributed by atoms with van der Waals surface area (Å²) in [6.45, 7) is 0. The van der Waals surface area contributed by atoms with Crippen LogP contribution in [0.5, 0.6) is 0 Å². The first kappa shape index (κ1) is 15.9. The number of nitrogens with one attached hydrogen (secondary N) is 1. The highest BCUT2D eigenvalue weighted by Crippen LogP contribution is 2.19. The van der Waals surface area contributed by atoms with Crippen molar-refractivity contribution in [3.63, 3.8) is 0 Å². The van der Waals surface area contributed by atoms with Crippen LogP contribution in [0.3, 0.4) is 0 Å². The highest BCUT2D eigenvalue weighted by molar-refractivity contribution is 7.08. The third-order valence-electron chi connectivity index (χ3n) is 3.27. The minimum absolute atomic E-state index is 0.183. The van der Waals surface area contributed by atoms with Crippen LogP contribution in [0, 0.1) is 0 Å². The largest absolute Gasteiger partial charge is 0.366 e. The van der Waals surface area contributed by atoms with Gasteiger partial charge in [0, 0.05) is 35.0 Å².